The van der Waals surface area contributed by atoms with Gasteiger partial charge in [-0.1, -0.05) is 28.1 Å². The molecule has 2 aromatic carbocycles. The highest BCUT2D eigenvalue weighted by atomic mass is 79.9. The van der Waals surface area contributed by atoms with Gasteiger partial charge in [0.25, 0.3) is 0 Å². The SMILES string of the molecule is CN(C(C(N)=O)c1cccc(F)c1)S(=O)(=O)c1ccc(Br)cc1Br. The second kappa shape index (κ2) is 7.30. The maximum atomic E-state index is 13.4. The van der Waals surface area contributed by atoms with Crippen molar-refractivity contribution in [1.29, 1.82) is 0 Å². The Morgan fingerprint density at radius 2 is 1.88 bits per heavy atom. The first-order valence-corrected chi connectivity index (χ1v) is 9.65. The lowest BCUT2D eigenvalue weighted by Gasteiger charge is -2.26. The monoisotopic (exact) mass is 478 g/mol. The Morgan fingerprint density at radius 3 is 2.42 bits per heavy atom. The quantitative estimate of drug-likeness (QED) is 0.714. The molecule has 2 N–H and O–H groups in total. The van der Waals surface area contributed by atoms with Crippen molar-refractivity contribution in [2.24, 2.45) is 5.73 Å². The van der Waals surface area contributed by atoms with E-state index in [1.165, 1.54) is 31.3 Å². The maximum Gasteiger partial charge on any atom is 0.244 e. The van der Waals surface area contributed by atoms with Crippen LogP contribution in [0.3, 0.4) is 0 Å². The molecule has 2 rings (SSSR count). The van der Waals surface area contributed by atoms with Crippen LogP contribution in [0.15, 0.2) is 56.3 Å². The molecule has 0 aliphatic carbocycles. The van der Waals surface area contributed by atoms with Crippen molar-refractivity contribution < 1.29 is 17.6 Å². The highest BCUT2D eigenvalue weighted by Gasteiger charge is 2.34. The van der Waals surface area contributed by atoms with Gasteiger partial charge in [0, 0.05) is 16.0 Å². The molecule has 0 aliphatic heterocycles. The second-order valence-corrected chi connectivity index (χ2v) is 8.69. The van der Waals surface area contributed by atoms with Crippen LogP contribution in [0.2, 0.25) is 0 Å². The number of amides is 1. The van der Waals surface area contributed by atoms with Gasteiger partial charge < -0.3 is 5.73 Å². The predicted molar refractivity (Wildman–Crippen MR) is 95.1 cm³/mol. The van der Waals surface area contributed by atoms with Crippen molar-refractivity contribution in [2.45, 2.75) is 10.9 Å². The summed E-state index contributed by atoms with van der Waals surface area (Å²) >= 11 is 6.44. The summed E-state index contributed by atoms with van der Waals surface area (Å²) in [7, 11) is -2.82. The van der Waals surface area contributed by atoms with Gasteiger partial charge in [-0.3, -0.25) is 4.79 Å². The van der Waals surface area contributed by atoms with E-state index in [1.807, 2.05) is 0 Å². The van der Waals surface area contributed by atoms with Gasteiger partial charge in [0.1, 0.15) is 11.9 Å². The summed E-state index contributed by atoms with van der Waals surface area (Å²) in [6.07, 6.45) is 0. The van der Waals surface area contributed by atoms with Gasteiger partial charge in [-0.05, 0) is 51.8 Å². The standard InChI is InChI=1S/C15H13Br2FN2O3S/c1-20(14(15(19)21)9-3-2-4-11(18)7-9)24(22,23)13-6-5-10(16)8-12(13)17/h2-8,14H,1H3,(H2,19,21). The van der Waals surface area contributed by atoms with E-state index in [0.29, 0.717) is 8.95 Å². The van der Waals surface area contributed by atoms with Crippen LogP contribution in [0.1, 0.15) is 11.6 Å². The number of nitrogens with zero attached hydrogens (tertiary/aromatic N) is 1. The molecule has 1 amide bonds. The zero-order valence-electron chi connectivity index (χ0n) is 12.4. The molecule has 0 bridgehead atoms. The molecule has 1 unspecified atom stereocenters. The highest BCUT2D eigenvalue weighted by Crippen LogP contribution is 2.31. The molecule has 0 radical (unpaired) electrons. The van der Waals surface area contributed by atoms with Crippen LogP contribution in [-0.2, 0) is 14.8 Å². The molecule has 0 spiro atoms. The van der Waals surface area contributed by atoms with Crippen LogP contribution in [0.5, 0.6) is 0 Å². The summed E-state index contributed by atoms with van der Waals surface area (Å²) in [5, 5.41) is 0. The molecule has 128 valence electrons. The lowest BCUT2D eigenvalue weighted by atomic mass is 10.1. The van der Waals surface area contributed by atoms with Gasteiger partial charge in [0.15, 0.2) is 0 Å². The summed E-state index contributed by atoms with van der Waals surface area (Å²) in [6.45, 7) is 0. The van der Waals surface area contributed by atoms with Gasteiger partial charge in [0.05, 0.1) is 4.90 Å². The number of likely N-dealkylation sites (N-methyl/N-ethyl adjacent to an activating group) is 1. The Balaban J connectivity index is 2.53. The fourth-order valence-electron chi connectivity index (χ4n) is 2.21. The third-order valence-electron chi connectivity index (χ3n) is 3.35. The van der Waals surface area contributed by atoms with Crippen LogP contribution < -0.4 is 5.73 Å². The third kappa shape index (κ3) is 3.85. The van der Waals surface area contributed by atoms with E-state index < -0.39 is 27.8 Å². The predicted octanol–water partition coefficient (Wildman–Crippen LogP) is 3.20. The van der Waals surface area contributed by atoms with Gasteiger partial charge in [-0.15, -0.1) is 0 Å². The molecule has 5 nitrogen and oxygen atoms in total. The van der Waals surface area contributed by atoms with Gasteiger partial charge >= 0.3 is 0 Å². The molecule has 0 saturated carbocycles. The van der Waals surface area contributed by atoms with E-state index in [0.717, 1.165) is 10.4 Å². The van der Waals surface area contributed by atoms with Crippen molar-refractivity contribution in [3.63, 3.8) is 0 Å². The first kappa shape index (κ1) is 19.0. The van der Waals surface area contributed by atoms with Crippen LogP contribution in [0.25, 0.3) is 0 Å². The van der Waals surface area contributed by atoms with E-state index in [-0.39, 0.29) is 10.5 Å². The highest BCUT2D eigenvalue weighted by molar-refractivity contribution is 9.11. The Kier molecular flexibility index (Phi) is 5.79. The fourth-order valence-corrected chi connectivity index (χ4v) is 5.23. The van der Waals surface area contributed by atoms with Crippen LogP contribution in [-0.4, -0.2) is 25.7 Å². The molecular weight excluding hydrogens is 467 g/mol. The van der Waals surface area contributed by atoms with Gasteiger partial charge in [0.2, 0.25) is 15.9 Å². The molecule has 0 aliphatic rings. The van der Waals surface area contributed by atoms with E-state index >= 15 is 0 Å². The lowest BCUT2D eigenvalue weighted by Crippen LogP contribution is -2.39. The average Bonchev–Trinajstić information content (AvgIpc) is 2.46. The molecule has 0 fully saturated rings. The largest absolute Gasteiger partial charge is 0.368 e. The van der Waals surface area contributed by atoms with Crippen molar-refractivity contribution >= 4 is 47.8 Å². The molecule has 0 aromatic heterocycles. The number of carbonyl (C=O) groups excluding carboxylic acids is 1. The van der Waals surface area contributed by atoms with Crippen molar-refractivity contribution in [2.75, 3.05) is 7.05 Å². The number of sulfonamides is 1. The fraction of sp³-hybridized carbons (Fsp3) is 0.133. The molecule has 2 aromatic rings. The van der Waals surface area contributed by atoms with E-state index in [4.69, 9.17) is 5.73 Å². The summed E-state index contributed by atoms with van der Waals surface area (Å²) in [5.41, 5.74) is 5.52. The van der Waals surface area contributed by atoms with E-state index in [1.54, 1.807) is 12.1 Å². The molecule has 0 saturated heterocycles. The Labute approximate surface area is 156 Å². The molecule has 24 heavy (non-hydrogen) atoms. The summed E-state index contributed by atoms with van der Waals surface area (Å²) < 4.78 is 41.0. The second-order valence-electron chi connectivity index (χ2n) is 4.96. The van der Waals surface area contributed by atoms with Crippen LogP contribution in [0.4, 0.5) is 4.39 Å². The summed E-state index contributed by atoms with van der Waals surface area (Å²) in [6, 6.07) is 8.30. The number of benzene rings is 2. The minimum atomic E-state index is -4.05. The molecule has 1 atom stereocenters. The normalized spacial score (nSPS) is 13.0. The molecule has 9 heteroatoms. The first-order valence-electron chi connectivity index (χ1n) is 6.62. The van der Waals surface area contributed by atoms with Crippen molar-refractivity contribution in [1.82, 2.24) is 4.31 Å². The van der Waals surface area contributed by atoms with Crippen LogP contribution >= 0.6 is 31.9 Å². The zero-order valence-corrected chi connectivity index (χ0v) is 16.4. The minimum absolute atomic E-state index is 0.0316. The number of nitrogens with two attached hydrogens (primary N) is 1. The minimum Gasteiger partial charge on any atom is -0.368 e. The Hall–Kier alpha value is -1.29. The van der Waals surface area contributed by atoms with Gasteiger partial charge in [-0.25, -0.2) is 12.8 Å². The number of carbonyl (C=O) groups is 1. The number of halogens is 3. The van der Waals surface area contributed by atoms with Crippen molar-refractivity contribution in [3.05, 3.63) is 62.8 Å². The lowest BCUT2D eigenvalue weighted by molar-refractivity contribution is -0.121. The van der Waals surface area contributed by atoms with E-state index in [9.17, 15) is 17.6 Å². The third-order valence-corrected chi connectivity index (χ3v) is 6.64. The maximum absolute atomic E-state index is 13.4. The summed E-state index contributed by atoms with van der Waals surface area (Å²) in [4.78, 5) is 11.8. The number of rotatable bonds is 5. The molecule has 0 heterocycles. The Morgan fingerprint density at radius 1 is 1.21 bits per heavy atom. The molecular formula is C15H13Br2FN2O3S. The van der Waals surface area contributed by atoms with Crippen LogP contribution in [0, 0.1) is 5.82 Å². The average molecular weight is 480 g/mol. The van der Waals surface area contributed by atoms with Gasteiger partial charge in [-0.2, -0.15) is 4.31 Å². The van der Waals surface area contributed by atoms with Crippen molar-refractivity contribution in [3.8, 4) is 0 Å². The number of primary amides is 1. The topological polar surface area (TPSA) is 80.5 Å². The summed E-state index contributed by atoms with van der Waals surface area (Å²) in [5.74, 6) is -1.49. The number of hydrogen-bond acceptors (Lipinski definition) is 3. The smallest absolute Gasteiger partial charge is 0.244 e. The van der Waals surface area contributed by atoms with E-state index in [2.05, 4.69) is 31.9 Å². The first-order chi connectivity index (χ1) is 11.1. The zero-order chi connectivity index (χ0) is 18.1. The number of hydrogen-bond donors (Lipinski definition) is 1. The Bertz CT molecular complexity index is 890.